The lowest BCUT2D eigenvalue weighted by Gasteiger charge is -2.06. The lowest BCUT2D eigenvalue weighted by Crippen LogP contribution is -2.02. The van der Waals surface area contributed by atoms with Crippen LogP contribution < -0.4 is 0 Å². The van der Waals surface area contributed by atoms with Crippen LogP contribution in [-0.2, 0) is 0 Å². The van der Waals surface area contributed by atoms with Crippen molar-refractivity contribution in [1.29, 1.82) is 0 Å². The topological polar surface area (TPSA) is 73.8 Å². The van der Waals surface area contributed by atoms with Gasteiger partial charge in [-0.25, -0.2) is 4.68 Å². The third kappa shape index (κ3) is 2.83. The molecule has 1 aromatic carbocycles. The maximum Gasteiger partial charge on any atom is 0.296 e. The van der Waals surface area contributed by atoms with Crippen molar-refractivity contribution < 1.29 is 4.92 Å². The number of hydrogen-bond donors (Lipinski definition) is 0. The molecule has 0 fully saturated rings. The number of nitro groups is 1. The minimum absolute atomic E-state index is 0.0315. The summed E-state index contributed by atoms with van der Waals surface area (Å²) in [7, 11) is 0. The summed E-state index contributed by atoms with van der Waals surface area (Å²) in [5, 5.41) is 18.8. The van der Waals surface area contributed by atoms with Crippen molar-refractivity contribution in [2.24, 2.45) is 0 Å². The molecule has 106 valence electrons. The van der Waals surface area contributed by atoms with Gasteiger partial charge in [0.05, 0.1) is 21.0 Å². The van der Waals surface area contributed by atoms with Crippen molar-refractivity contribution in [2.75, 3.05) is 0 Å². The van der Waals surface area contributed by atoms with Gasteiger partial charge < -0.3 is 0 Å². The number of aromatic nitrogens is 3. The molecule has 0 aliphatic carbocycles. The zero-order valence-electron chi connectivity index (χ0n) is 10.9. The molecule has 2 rings (SSSR count). The summed E-state index contributed by atoms with van der Waals surface area (Å²) < 4.78 is 1.96. The molecule has 0 aliphatic rings. The number of halogens is 2. The van der Waals surface area contributed by atoms with Crippen LogP contribution in [0.3, 0.4) is 0 Å². The summed E-state index contributed by atoms with van der Waals surface area (Å²) in [5.74, 6) is 0. The molecule has 0 radical (unpaired) electrons. The van der Waals surface area contributed by atoms with Gasteiger partial charge in [0.15, 0.2) is 5.69 Å². The molecule has 0 bridgehead atoms. The molecular weight excluding hydrogens is 348 g/mol. The van der Waals surface area contributed by atoms with Crippen LogP contribution in [0, 0.1) is 17.0 Å². The van der Waals surface area contributed by atoms with E-state index in [-0.39, 0.29) is 11.1 Å². The Balaban J connectivity index is 2.57. The fourth-order valence-electron chi connectivity index (χ4n) is 1.82. The van der Waals surface area contributed by atoms with Gasteiger partial charge in [-0.15, -0.1) is 16.7 Å². The van der Waals surface area contributed by atoms with Gasteiger partial charge in [-0.1, -0.05) is 12.1 Å². The smallest absolute Gasteiger partial charge is 0.258 e. The highest BCUT2D eigenvalue weighted by Gasteiger charge is 2.22. The molecule has 6 nitrogen and oxygen atoms in total. The molecular formula is C12H12BrClN4O2. The molecule has 0 N–H and O–H groups in total. The molecule has 0 spiro atoms. The number of hydrogen-bond acceptors (Lipinski definition) is 4. The highest BCUT2D eigenvalue weighted by Crippen LogP contribution is 2.32. The summed E-state index contributed by atoms with van der Waals surface area (Å²) in [6, 6.07) is 3.29. The number of rotatable bonds is 4. The first-order valence-corrected chi connectivity index (χ1v) is 7.18. The second-order valence-electron chi connectivity index (χ2n) is 4.34. The summed E-state index contributed by atoms with van der Waals surface area (Å²) >= 11 is 9.44. The molecule has 1 atom stereocenters. The largest absolute Gasteiger partial charge is 0.296 e. The molecule has 0 saturated carbocycles. The van der Waals surface area contributed by atoms with Gasteiger partial charge in [-0.3, -0.25) is 10.1 Å². The number of nitro benzene ring substituents is 1. The fourth-order valence-corrected chi connectivity index (χ4v) is 2.67. The maximum absolute atomic E-state index is 11.2. The highest BCUT2D eigenvalue weighted by atomic mass is 79.9. The van der Waals surface area contributed by atoms with Gasteiger partial charge in [0.2, 0.25) is 0 Å². The molecule has 1 heterocycles. The Hall–Kier alpha value is -1.47. The van der Waals surface area contributed by atoms with Gasteiger partial charge >= 0.3 is 0 Å². The Labute approximate surface area is 129 Å². The van der Waals surface area contributed by atoms with E-state index in [9.17, 15) is 10.1 Å². The average Bonchev–Trinajstić information content (AvgIpc) is 2.86. The van der Waals surface area contributed by atoms with Crippen LogP contribution in [0.5, 0.6) is 0 Å². The van der Waals surface area contributed by atoms with Gasteiger partial charge in [0, 0.05) is 6.07 Å². The quantitative estimate of drug-likeness (QED) is 0.471. The standard InChI is InChI=1S/C12H12BrClN4O2/c1-3-9(14)10-6-17(16-15-10)12-8(13)4-7(2)5-11(12)18(19)20/h4-6,9H,3H2,1-2H3. The van der Waals surface area contributed by atoms with E-state index in [1.807, 2.05) is 6.92 Å². The predicted octanol–water partition coefficient (Wildman–Crippen LogP) is 3.94. The zero-order valence-corrected chi connectivity index (χ0v) is 13.2. The van der Waals surface area contributed by atoms with Crippen LogP contribution in [0.1, 0.15) is 30.0 Å². The first-order chi connectivity index (χ1) is 9.43. The molecule has 0 saturated heterocycles. The van der Waals surface area contributed by atoms with Crippen LogP contribution in [0.25, 0.3) is 5.69 Å². The third-order valence-corrected chi connectivity index (χ3v) is 3.94. The molecule has 8 heteroatoms. The molecule has 0 amide bonds. The average molecular weight is 360 g/mol. The van der Waals surface area contributed by atoms with Gasteiger partial charge in [0.1, 0.15) is 5.69 Å². The first kappa shape index (κ1) is 14.9. The lowest BCUT2D eigenvalue weighted by molar-refractivity contribution is -0.384. The molecule has 1 unspecified atom stereocenters. The van der Waals surface area contributed by atoms with Crippen molar-refractivity contribution in [3.63, 3.8) is 0 Å². The lowest BCUT2D eigenvalue weighted by atomic mass is 10.2. The van der Waals surface area contributed by atoms with Crippen molar-refractivity contribution in [2.45, 2.75) is 25.6 Å². The number of benzene rings is 1. The highest BCUT2D eigenvalue weighted by molar-refractivity contribution is 9.10. The number of nitrogens with zero attached hydrogens (tertiary/aromatic N) is 4. The Morgan fingerprint density at radius 2 is 2.25 bits per heavy atom. The van der Waals surface area contributed by atoms with E-state index in [4.69, 9.17) is 11.6 Å². The van der Waals surface area contributed by atoms with Crippen LogP contribution in [-0.4, -0.2) is 19.9 Å². The van der Waals surface area contributed by atoms with E-state index < -0.39 is 4.92 Å². The normalized spacial score (nSPS) is 12.4. The van der Waals surface area contributed by atoms with Gasteiger partial charge in [-0.2, -0.15) is 0 Å². The fraction of sp³-hybridized carbons (Fsp3) is 0.333. The maximum atomic E-state index is 11.2. The minimum Gasteiger partial charge on any atom is -0.258 e. The van der Waals surface area contributed by atoms with E-state index in [1.54, 1.807) is 19.2 Å². The van der Waals surface area contributed by atoms with E-state index in [1.165, 1.54) is 10.7 Å². The Bertz CT molecular complexity index is 659. The second kappa shape index (κ2) is 5.88. The summed E-state index contributed by atoms with van der Waals surface area (Å²) in [5.41, 5.74) is 1.70. The van der Waals surface area contributed by atoms with E-state index in [2.05, 4.69) is 26.2 Å². The Morgan fingerprint density at radius 3 is 2.85 bits per heavy atom. The van der Waals surface area contributed by atoms with E-state index in [0.717, 1.165) is 5.56 Å². The molecule has 0 aliphatic heterocycles. The van der Waals surface area contributed by atoms with E-state index >= 15 is 0 Å². The molecule has 2 aromatic rings. The van der Waals surface area contributed by atoms with Crippen LogP contribution in [0.4, 0.5) is 5.69 Å². The summed E-state index contributed by atoms with van der Waals surface area (Å²) in [4.78, 5) is 10.8. The monoisotopic (exact) mass is 358 g/mol. The van der Waals surface area contributed by atoms with E-state index in [0.29, 0.717) is 22.3 Å². The Morgan fingerprint density at radius 1 is 1.55 bits per heavy atom. The second-order valence-corrected chi connectivity index (χ2v) is 5.72. The van der Waals surface area contributed by atoms with Crippen molar-refractivity contribution >= 4 is 33.2 Å². The minimum atomic E-state index is -0.438. The molecule has 1 aromatic heterocycles. The van der Waals surface area contributed by atoms with Crippen molar-refractivity contribution in [3.8, 4) is 5.69 Å². The van der Waals surface area contributed by atoms with Crippen LogP contribution in [0.2, 0.25) is 0 Å². The first-order valence-electron chi connectivity index (χ1n) is 5.95. The molecule has 20 heavy (non-hydrogen) atoms. The SMILES string of the molecule is CCC(Cl)c1cn(-c2c(Br)cc(C)cc2[N+](=O)[O-])nn1. The zero-order chi connectivity index (χ0) is 14.9. The van der Waals surface area contributed by atoms with Crippen LogP contribution >= 0.6 is 27.5 Å². The van der Waals surface area contributed by atoms with Gasteiger partial charge in [-0.05, 0) is 40.9 Å². The van der Waals surface area contributed by atoms with Crippen LogP contribution in [0.15, 0.2) is 22.8 Å². The number of aryl methyl sites for hydroxylation is 1. The van der Waals surface area contributed by atoms with Gasteiger partial charge in [0.25, 0.3) is 5.69 Å². The predicted molar refractivity (Wildman–Crippen MR) is 79.3 cm³/mol. The summed E-state index contributed by atoms with van der Waals surface area (Å²) in [6.45, 7) is 3.72. The van der Waals surface area contributed by atoms with Crippen molar-refractivity contribution in [1.82, 2.24) is 15.0 Å². The third-order valence-electron chi connectivity index (χ3n) is 2.80. The summed E-state index contributed by atoms with van der Waals surface area (Å²) in [6.07, 6.45) is 2.32. The Kier molecular flexibility index (Phi) is 4.39. The van der Waals surface area contributed by atoms with Crippen molar-refractivity contribution in [3.05, 3.63) is 44.2 Å². The number of alkyl halides is 1.